The van der Waals surface area contributed by atoms with Crippen molar-refractivity contribution >= 4 is 11.6 Å². The fourth-order valence-corrected chi connectivity index (χ4v) is 1.98. The molecule has 0 aliphatic carbocycles. The van der Waals surface area contributed by atoms with Gasteiger partial charge >= 0.3 is 0 Å². The molecule has 2 nitrogen and oxygen atoms in total. The van der Waals surface area contributed by atoms with Crippen LogP contribution in [0.3, 0.4) is 0 Å². The monoisotopic (exact) mass is 260 g/mol. The Balaban J connectivity index is 2.49. The average molecular weight is 261 g/mol. The molecule has 0 atom stereocenters. The van der Waals surface area contributed by atoms with E-state index in [1.807, 2.05) is 6.07 Å². The van der Waals surface area contributed by atoms with Crippen LogP contribution >= 0.6 is 11.6 Å². The van der Waals surface area contributed by atoms with Crippen LogP contribution in [-0.4, -0.2) is 9.97 Å². The standard InChI is InChI=1S/C15H17ClN2/c1-4-11-6-5-7-12(8-11)13-9-14(16)18-15(17-13)10(2)3/h5-10H,4H2,1-3H3. The quantitative estimate of drug-likeness (QED) is 0.761. The molecule has 0 spiro atoms. The van der Waals surface area contributed by atoms with E-state index < -0.39 is 0 Å². The molecule has 2 aromatic rings. The van der Waals surface area contributed by atoms with Crippen LogP contribution in [0.15, 0.2) is 30.3 Å². The first-order chi connectivity index (χ1) is 8.60. The van der Waals surface area contributed by atoms with Gasteiger partial charge in [0.1, 0.15) is 11.0 Å². The highest BCUT2D eigenvalue weighted by Crippen LogP contribution is 2.23. The molecule has 2 rings (SSSR count). The van der Waals surface area contributed by atoms with Crippen LogP contribution < -0.4 is 0 Å². The van der Waals surface area contributed by atoms with Gasteiger partial charge in [0.2, 0.25) is 0 Å². The van der Waals surface area contributed by atoms with Gasteiger partial charge in [-0.05, 0) is 18.1 Å². The summed E-state index contributed by atoms with van der Waals surface area (Å²) in [4.78, 5) is 8.84. The van der Waals surface area contributed by atoms with Crippen molar-refractivity contribution in [3.8, 4) is 11.3 Å². The van der Waals surface area contributed by atoms with E-state index in [1.165, 1.54) is 5.56 Å². The fraction of sp³-hybridized carbons (Fsp3) is 0.333. The predicted molar refractivity (Wildman–Crippen MR) is 75.9 cm³/mol. The van der Waals surface area contributed by atoms with Crippen LogP contribution in [0.4, 0.5) is 0 Å². The molecule has 94 valence electrons. The maximum Gasteiger partial charge on any atom is 0.133 e. The molecule has 0 saturated heterocycles. The first-order valence-corrected chi connectivity index (χ1v) is 6.61. The number of rotatable bonds is 3. The molecule has 0 saturated carbocycles. The number of aromatic nitrogens is 2. The van der Waals surface area contributed by atoms with Crippen molar-refractivity contribution in [1.82, 2.24) is 9.97 Å². The normalized spacial score (nSPS) is 10.9. The van der Waals surface area contributed by atoms with Gasteiger partial charge in [-0.25, -0.2) is 9.97 Å². The molecular formula is C15H17ClN2. The van der Waals surface area contributed by atoms with Gasteiger partial charge in [-0.2, -0.15) is 0 Å². The third-order valence-electron chi connectivity index (χ3n) is 2.86. The zero-order valence-electron chi connectivity index (χ0n) is 10.9. The Morgan fingerprint density at radius 2 is 1.94 bits per heavy atom. The third kappa shape index (κ3) is 2.88. The Labute approximate surface area is 113 Å². The zero-order valence-corrected chi connectivity index (χ0v) is 11.7. The minimum Gasteiger partial charge on any atom is -0.233 e. The summed E-state index contributed by atoms with van der Waals surface area (Å²) in [5.41, 5.74) is 3.29. The lowest BCUT2D eigenvalue weighted by atomic mass is 10.1. The fourth-order valence-electron chi connectivity index (χ4n) is 1.79. The van der Waals surface area contributed by atoms with Gasteiger partial charge in [-0.15, -0.1) is 0 Å². The van der Waals surface area contributed by atoms with Crippen molar-refractivity contribution in [1.29, 1.82) is 0 Å². The van der Waals surface area contributed by atoms with Crippen molar-refractivity contribution < 1.29 is 0 Å². The van der Waals surface area contributed by atoms with E-state index in [4.69, 9.17) is 11.6 Å². The van der Waals surface area contributed by atoms with Gasteiger partial charge in [0.25, 0.3) is 0 Å². The SMILES string of the molecule is CCc1cccc(-c2cc(Cl)nc(C(C)C)n2)c1. The molecule has 0 aliphatic rings. The van der Waals surface area contributed by atoms with Gasteiger partial charge in [0.15, 0.2) is 0 Å². The van der Waals surface area contributed by atoms with Gasteiger partial charge in [0.05, 0.1) is 5.69 Å². The Hall–Kier alpha value is -1.41. The molecule has 3 heteroatoms. The van der Waals surface area contributed by atoms with Gasteiger partial charge < -0.3 is 0 Å². The molecule has 1 aromatic heterocycles. The summed E-state index contributed by atoms with van der Waals surface area (Å²) >= 11 is 6.07. The van der Waals surface area contributed by atoms with Gasteiger partial charge in [0, 0.05) is 17.5 Å². The van der Waals surface area contributed by atoms with E-state index in [2.05, 4.69) is 55.0 Å². The zero-order chi connectivity index (χ0) is 13.1. The van der Waals surface area contributed by atoms with E-state index >= 15 is 0 Å². The molecule has 0 aliphatic heterocycles. The number of hydrogen-bond acceptors (Lipinski definition) is 2. The summed E-state index contributed by atoms with van der Waals surface area (Å²) in [5, 5.41) is 0.505. The van der Waals surface area contributed by atoms with Crippen LogP contribution in [-0.2, 0) is 6.42 Å². The summed E-state index contributed by atoms with van der Waals surface area (Å²) in [6.45, 7) is 6.28. The second-order valence-corrected chi connectivity index (χ2v) is 5.03. The summed E-state index contributed by atoms with van der Waals surface area (Å²) in [5.74, 6) is 1.07. The largest absolute Gasteiger partial charge is 0.233 e. The Morgan fingerprint density at radius 3 is 2.61 bits per heavy atom. The van der Waals surface area contributed by atoms with Crippen LogP contribution in [0.25, 0.3) is 11.3 Å². The Kier molecular flexibility index (Phi) is 3.97. The predicted octanol–water partition coefficient (Wildman–Crippen LogP) is 4.48. The summed E-state index contributed by atoms with van der Waals surface area (Å²) in [7, 11) is 0. The van der Waals surface area contributed by atoms with Crippen molar-refractivity contribution in [2.75, 3.05) is 0 Å². The summed E-state index contributed by atoms with van der Waals surface area (Å²) in [6, 6.07) is 10.2. The van der Waals surface area contributed by atoms with Crippen LogP contribution in [0.1, 0.15) is 38.1 Å². The maximum absolute atomic E-state index is 6.07. The van der Waals surface area contributed by atoms with E-state index in [0.29, 0.717) is 5.15 Å². The van der Waals surface area contributed by atoms with Crippen molar-refractivity contribution in [3.05, 3.63) is 46.9 Å². The lowest BCUT2D eigenvalue weighted by Crippen LogP contribution is -1.99. The van der Waals surface area contributed by atoms with E-state index in [9.17, 15) is 0 Å². The smallest absolute Gasteiger partial charge is 0.133 e. The first-order valence-electron chi connectivity index (χ1n) is 6.24. The lowest BCUT2D eigenvalue weighted by Gasteiger charge is -2.08. The Bertz CT molecular complexity index is 550. The highest BCUT2D eigenvalue weighted by atomic mass is 35.5. The molecule has 0 bridgehead atoms. The number of aryl methyl sites for hydroxylation is 1. The average Bonchev–Trinajstić information content (AvgIpc) is 2.38. The molecule has 18 heavy (non-hydrogen) atoms. The highest BCUT2D eigenvalue weighted by Gasteiger charge is 2.08. The molecule has 1 aromatic carbocycles. The van der Waals surface area contributed by atoms with Crippen molar-refractivity contribution in [2.24, 2.45) is 0 Å². The van der Waals surface area contributed by atoms with Crippen LogP contribution in [0, 0.1) is 0 Å². The van der Waals surface area contributed by atoms with Crippen LogP contribution in [0.2, 0.25) is 5.15 Å². The van der Waals surface area contributed by atoms with Gasteiger partial charge in [-0.3, -0.25) is 0 Å². The first kappa shape index (κ1) is 13.0. The number of hydrogen-bond donors (Lipinski definition) is 0. The van der Waals surface area contributed by atoms with E-state index in [-0.39, 0.29) is 5.92 Å². The molecule has 0 unspecified atom stereocenters. The number of nitrogens with zero attached hydrogens (tertiary/aromatic N) is 2. The van der Waals surface area contributed by atoms with Crippen LogP contribution in [0.5, 0.6) is 0 Å². The molecule has 0 fully saturated rings. The Morgan fingerprint density at radius 1 is 1.17 bits per heavy atom. The third-order valence-corrected chi connectivity index (χ3v) is 3.05. The second kappa shape index (κ2) is 5.49. The summed E-state index contributed by atoms with van der Waals surface area (Å²) < 4.78 is 0. The molecule has 1 heterocycles. The molecule has 0 N–H and O–H groups in total. The van der Waals surface area contributed by atoms with E-state index in [1.54, 1.807) is 0 Å². The molecule has 0 radical (unpaired) electrons. The highest BCUT2D eigenvalue weighted by molar-refractivity contribution is 6.29. The molecule has 0 amide bonds. The number of benzene rings is 1. The minimum absolute atomic E-state index is 0.275. The van der Waals surface area contributed by atoms with Crippen molar-refractivity contribution in [3.63, 3.8) is 0 Å². The second-order valence-electron chi connectivity index (χ2n) is 4.64. The minimum atomic E-state index is 0.275. The van der Waals surface area contributed by atoms with Gasteiger partial charge in [-0.1, -0.05) is 50.6 Å². The lowest BCUT2D eigenvalue weighted by molar-refractivity contribution is 0.776. The topological polar surface area (TPSA) is 25.8 Å². The van der Waals surface area contributed by atoms with E-state index in [0.717, 1.165) is 23.5 Å². The van der Waals surface area contributed by atoms with Crippen molar-refractivity contribution in [2.45, 2.75) is 33.1 Å². The summed E-state index contributed by atoms with van der Waals surface area (Å²) in [6.07, 6.45) is 1.02. The maximum atomic E-state index is 6.07. The molecular weight excluding hydrogens is 244 g/mol. The number of halogens is 1.